The van der Waals surface area contributed by atoms with Crippen LogP contribution < -0.4 is 5.48 Å². The first-order chi connectivity index (χ1) is 10.8. The number of anilines is 1. The van der Waals surface area contributed by atoms with Crippen LogP contribution in [0.1, 0.15) is 25.3 Å². The molecule has 0 bridgehead atoms. The normalized spacial score (nSPS) is 32.3. The standard InChI is InChI=1S/C15H21NO7/c1-7(14(20)21)9-3-5-10(6-4-9)16-23-15-13(19)12(18)11(17)8(2)22-15/h3-8,11-13,15-19H,1-2H3,(H,20,21)/t7?,8-,11-,12+,13+,15?/m0/s1. The van der Waals surface area contributed by atoms with Gasteiger partial charge in [0.1, 0.15) is 18.3 Å². The predicted octanol–water partition coefficient (Wildman–Crippen LogP) is 0.0457. The Bertz CT molecular complexity index is 535. The fraction of sp³-hybridized carbons (Fsp3) is 0.533. The van der Waals surface area contributed by atoms with Crippen LogP contribution >= 0.6 is 0 Å². The summed E-state index contributed by atoms with van der Waals surface area (Å²) in [7, 11) is 0. The van der Waals surface area contributed by atoms with Gasteiger partial charge in [-0.05, 0) is 31.5 Å². The molecule has 2 unspecified atom stereocenters. The molecule has 1 aliphatic heterocycles. The zero-order valence-electron chi connectivity index (χ0n) is 12.8. The van der Waals surface area contributed by atoms with Crippen molar-refractivity contribution in [2.75, 3.05) is 5.48 Å². The summed E-state index contributed by atoms with van der Waals surface area (Å²) >= 11 is 0. The fourth-order valence-electron chi connectivity index (χ4n) is 2.22. The van der Waals surface area contributed by atoms with Crippen molar-refractivity contribution in [3.05, 3.63) is 29.8 Å². The minimum Gasteiger partial charge on any atom is -0.481 e. The van der Waals surface area contributed by atoms with Crippen molar-refractivity contribution < 1.29 is 34.8 Å². The topological polar surface area (TPSA) is 128 Å². The van der Waals surface area contributed by atoms with Crippen molar-refractivity contribution in [3.8, 4) is 0 Å². The molecule has 8 nitrogen and oxygen atoms in total. The number of benzene rings is 1. The van der Waals surface area contributed by atoms with Crippen molar-refractivity contribution in [3.63, 3.8) is 0 Å². The van der Waals surface area contributed by atoms with Gasteiger partial charge in [0.05, 0.1) is 17.7 Å². The van der Waals surface area contributed by atoms with Crippen LogP contribution in [0.15, 0.2) is 24.3 Å². The van der Waals surface area contributed by atoms with Crippen LogP contribution in [0.3, 0.4) is 0 Å². The van der Waals surface area contributed by atoms with Gasteiger partial charge in [0, 0.05) is 0 Å². The first kappa shape index (κ1) is 17.6. The van der Waals surface area contributed by atoms with Crippen LogP contribution in [0.25, 0.3) is 0 Å². The number of carbonyl (C=O) groups is 1. The zero-order valence-corrected chi connectivity index (χ0v) is 12.8. The third kappa shape index (κ3) is 3.98. The highest BCUT2D eigenvalue weighted by atomic mass is 16.8. The zero-order chi connectivity index (χ0) is 17.1. The number of carboxylic acids is 1. The van der Waals surface area contributed by atoms with E-state index in [2.05, 4.69) is 5.48 Å². The Labute approximate surface area is 133 Å². The molecule has 23 heavy (non-hydrogen) atoms. The van der Waals surface area contributed by atoms with E-state index in [9.17, 15) is 20.1 Å². The first-order valence-electron chi connectivity index (χ1n) is 7.25. The van der Waals surface area contributed by atoms with E-state index in [-0.39, 0.29) is 0 Å². The lowest BCUT2D eigenvalue weighted by Gasteiger charge is -2.38. The molecule has 1 aromatic carbocycles. The first-order valence-corrected chi connectivity index (χ1v) is 7.25. The molecule has 1 aromatic rings. The molecule has 0 spiro atoms. The van der Waals surface area contributed by atoms with Crippen LogP contribution in [0.2, 0.25) is 0 Å². The Balaban J connectivity index is 1.94. The molecule has 0 saturated carbocycles. The molecule has 6 atom stereocenters. The van der Waals surface area contributed by atoms with Crippen LogP contribution in [-0.2, 0) is 14.4 Å². The Kier molecular flexibility index (Phi) is 5.55. The predicted molar refractivity (Wildman–Crippen MR) is 79.6 cm³/mol. The summed E-state index contributed by atoms with van der Waals surface area (Å²) in [5.74, 6) is -1.53. The maximum Gasteiger partial charge on any atom is 0.310 e. The molecule has 128 valence electrons. The second-order valence-corrected chi connectivity index (χ2v) is 5.58. The maximum atomic E-state index is 10.9. The van der Waals surface area contributed by atoms with Gasteiger partial charge in [-0.1, -0.05) is 12.1 Å². The average Bonchev–Trinajstić information content (AvgIpc) is 2.54. The van der Waals surface area contributed by atoms with Gasteiger partial charge in [0.15, 0.2) is 0 Å². The molecule has 0 amide bonds. The van der Waals surface area contributed by atoms with E-state index in [4.69, 9.17) is 14.7 Å². The molecule has 1 saturated heterocycles. The lowest BCUT2D eigenvalue weighted by atomic mass is 10.0. The summed E-state index contributed by atoms with van der Waals surface area (Å²) < 4.78 is 5.27. The minimum atomic E-state index is -1.40. The Hall–Kier alpha value is -1.71. The molecule has 0 aliphatic carbocycles. The smallest absolute Gasteiger partial charge is 0.310 e. The van der Waals surface area contributed by atoms with Gasteiger partial charge in [0.2, 0.25) is 6.29 Å². The molecule has 0 aromatic heterocycles. The molecule has 5 N–H and O–H groups in total. The number of nitrogens with one attached hydrogen (secondary N) is 1. The second-order valence-electron chi connectivity index (χ2n) is 5.58. The van der Waals surface area contributed by atoms with E-state index in [1.54, 1.807) is 38.1 Å². The van der Waals surface area contributed by atoms with E-state index >= 15 is 0 Å². The Morgan fingerprint density at radius 2 is 1.78 bits per heavy atom. The lowest BCUT2D eigenvalue weighted by Crippen LogP contribution is -2.57. The van der Waals surface area contributed by atoms with Crippen molar-refractivity contribution >= 4 is 11.7 Å². The average molecular weight is 327 g/mol. The minimum absolute atomic E-state index is 0.524. The molecule has 0 radical (unpaired) electrons. The third-order valence-corrected chi connectivity index (χ3v) is 3.88. The van der Waals surface area contributed by atoms with E-state index in [1.807, 2.05) is 0 Å². The third-order valence-electron chi connectivity index (χ3n) is 3.88. The molecule has 8 heteroatoms. The van der Waals surface area contributed by atoms with Gasteiger partial charge in [-0.2, -0.15) is 0 Å². The summed E-state index contributed by atoms with van der Waals surface area (Å²) in [5, 5.41) is 38.0. The van der Waals surface area contributed by atoms with Crippen LogP contribution in [-0.4, -0.2) is 57.1 Å². The number of aliphatic hydroxyl groups excluding tert-OH is 3. The number of hydrogen-bond acceptors (Lipinski definition) is 7. The van der Waals surface area contributed by atoms with E-state index in [0.29, 0.717) is 11.3 Å². The summed E-state index contributed by atoms with van der Waals surface area (Å²) in [6.07, 6.45) is -5.81. The highest BCUT2D eigenvalue weighted by Crippen LogP contribution is 2.23. The van der Waals surface area contributed by atoms with Crippen LogP contribution in [0, 0.1) is 0 Å². The number of aliphatic hydroxyl groups is 3. The Morgan fingerprint density at radius 1 is 1.17 bits per heavy atom. The van der Waals surface area contributed by atoms with E-state index < -0.39 is 42.6 Å². The second kappa shape index (κ2) is 7.24. The highest BCUT2D eigenvalue weighted by molar-refractivity contribution is 5.75. The van der Waals surface area contributed by atoms with Gasteiger partial charge in [-0.3, -0.25) is 10.3 Å². The SMILES string of the molecule is CC(C(=O)O)c1ccc(NOC2O[C@@H](C)[C@H](O)[C@@H](O)[C@H]2O)cc1. The molecule has 1 heterocycles. The van der Waals surface area contributed by atoms with Crippen LogP contribution in [0.5, 0.6) is 0 Å². The summed E-state index contributed by atoms with van der Waals surface area (Å²) in [6.45, 7) is 3.14. The van der Waals surface area contributed by atoms with Crippen LogP contribution in [0.4, 0.5) is 5.69 Å². The van der Waals surface area contributed by atoms with Crippen molar-refractivity contribution in [2.24, 2.45) is 0 Å². The van der Waals surface area contributed by atoms with Gasteiger partial charge in [0.25, 0.3) is 0 Å². The molecule has 2 rings (SSSR count). The summed E-state index contributed by atoms with van der Waals surface area (Å²) in [4.78, 5) is 16.1. The summed E-state index contributed by atoms with van der Waals surface area (Å²) in [6, 6.07) is 6.53. The van der Waals surface area contributed by atoms with Gasteiger partial charge in [-0.15, -0.1) is 0 Å². The number of rotatable bonds is 5. The van der Waals surface area contributed by atoms with E-state index in [0.717, 1.165) is 0 Å². The number of hydrogen-bond donors (Lipinski definition) is 5. The number of aliphatic carboxylic acids is 1. The molecule has 1 fully saturated rings. The van der Waals surface area contributed by atoms with Crippen molar-refractivity contribution in [1.29, 1.82) is 0 Å². The monoisotopic (exact) mass is 327 g/mol. The van der Waals surface area contributed by atoms with Gasteiger partial charge >= 0.3 is 5.97 Å². The molecule has 1 aliphatic rings. The number of ether oxygens (including phenoxy) is 1. The fourth-order valence-corrected chi connectivity index (χ4v) is 2.22. The van der Waals surface area contributed by atoms with E-state index in [1.165, 1.54) is 0 Å². The maximum absolute atomic E-state index is 10.9. The van der Waals surface area contributed by atoms with Gasteiger partial charge < -0.3 is 25.2 Å². The molecular formula is C15H21NO7. The van der Waals surface area contributed by atoms with Gasteiger partial charge in [-0.25, -0.2) is 4.84 Å². The lowest BCUT2D eigenvalue weighted by molar-refractivity contribution is -0.286. The highest BCUT2D eigenvalue weighted by Gasteiger charge is 2.42. The quantitative estimate of drug-likeness (QED) is 0.480. The number of carboxylic acid groups (broad SMARTS) is 1. The van der Waals surface area contributed by atoms with Crippen molar-refractivity contribution in [2.45, 2.75) is 50.5 Å². The van der Waals surface area contributed by atoms with Crippen molar-refractivity contribution in [1.82, 2.24) is 0 Å². The largest absolute Gasteiger partial charge is 0.481 e. The summed E-state index contributed by atoms with van der Waals surface area (Å²) in [5.41, 5.74) is 3.74. The Morgan fingerprint density at radius 3 is 2.35 bits per heavy atom. The molecular weight excluding hydrogens is 306 g/mol.